The summed E-state index contributed by atoms with van der Waals surface area (Å²) in [5.74, 6) is 0.101. The smallest absolute Gasteiger partial charge is 0.407 e. The van der Waals surface area contributed by atoms with Crippen LogP contribution < -0.4 is 10.6 Å². The van der Waals surface area contributed by atoms with Crippen LogP contribution in [-0.2, 0) is 20.9 Å². The van der Waals surface area contributed by atoms with E-state index in [1.807, 2.05) is 51.1 Å². The van der Waals surface area contributed by atoms with Crippen molar-refractivity contribution in [3.8, 4) is 0 Å². The molecule has 0 bridgehead atoms. The van der Waals surface area contributed by atoms with Gasteiger partial charge in [-0.05, 0) is 45.6 Å². The Kier molecular flexibility index (Phi) is 9.62. The van der Waals surface area contributed by atoms with Crippen molar-refractivity contribution in [1.82, 2.24) is 15.5 Å². The van der Waals surface area contributed by atoms with Gasteiger partial charge in [0.15, 0.2) is 0 Å². The molecule has 8 nitrogen and oxygen atoms in total. The van der Waals surface area contributed by atoms with Gasteiger partial charge in [0.25, 0.3) is 0 Å². The molecule has 1 aliphatic rings. The van der Waals surface area contributed by atoms with Crippen molar-refractivity contribution in [2.24, 2.45) is 0 Å². The van der Waals surface area contributed by atoms with Gasteiger partial charge in [0, 0.05) is 26.1 Å². The third-order valence-electron chi connectivity index (χ3n) is 4.81. The van der Waals surface area contributed by atoms with Crippen LogP contribution in [0.3, 0.4) is 0 Å². The molecule has 1 atom stereocenters. The quantitative estimate of drug-likeness (QED) is 0.580. The minimum absolute atomic E-state index is 0.0649. The van der Waals surface area contributed by atoms with Crippen molar-refractivity contribution >= 4 is 18.1 Å². The number of carbonyl (C=O) groups is 3. The average Bonchev–Trinajstić information content (AvgIpc) is 3.16. The zero-order valence-corrected chi connectivity index (χ0v) is 18.8. The highest BCUT2D eigenvalue weighted by molar-refractivity contribution is 5.76. The Morgan fingerprint density at radius 3 is 2.52 bits per heavy atom. The van der Waals surface area contributed by atoms with Crippen molar-refractivity contribution < 1.29 is 23.9 Å². The fourth-order valence-electron chi connectivity index (χ4n) is 3.28. The van der Waals surface area contributed by atoms with E-state index in [-0.39, 0.29) is 18.6 Å². The molecule has 1 heterocycles. The van der Waals surface area contributed by atoms with Gasteiger partial charge >= 0.3 is 12.2 Å². The first-order valence-electron chi connectivity index (χ1n) is 10.9. The van der Waals surface area contributed by atoms with Gasteiger partial charge in [-0.3, -0.25) is 4.79 Å². The van der Waals surface area contributed by atoms with Gasteiger partial charge in [-0.15, -0.1) is 0 Å². The molecule has 172 valence electrons. The number of nitrogens with zero attached hydrogens (tertiary/aromatic N) is 1. The van der Waals surface area contributed by atoms with E-state index in [1.54, 1.807) is 4.90 Å². The number of ether oxygens (including phenoxy) is 2. The van der Waals surface area contributed by atoms with E-state index in [0.29, 0.717) is 26.1 Å². The zero-order valence-electron chi connectivity index (χ0n) is 18.8. The van der Waals surface area contributed by atoms with Crippen LogP contribution in [0.25, 0.3) is 0 Å². The van der Waals surface area contributed by atoms with E-state index in [1.165, 1.54) is 0 Å². The van der Waals surface area contributed by atoms with Gasteiger partial charge in [0.1, 0.15) is 12.2 Å². The Morgan fingerprint density at radius 1 is 1.06 bits per heavy atom. The van der Waals surface area contributed by atoms with E-state index in [4.69, 9.17) is 9.47 Å². The van der Waals surface area contributed by atoms with Gasteiger partial charge < -0.3 is 25.0 Å². The average molecular weight is 434 g/mol. The molecule has 1 fully saturated rings. The Bertz CT molecular complexity index is 718. The molecule has 3 amide bonds. The lowest BCUT2D eigenvalue weighted by atomic mass is 10.2. The van der Waals surface area contributed by atoms with Crippen molar-refractivity contribution in [3.05, 3.63) is 35.9 Å². The molecule has 0 aromatic heterocycles. The molecule has 1 aromatic carbocycles. The van der Waals surface area contributed by atoms with E-state index >= 15 is 0 Å². The maximum absolute atomic E-state index is 12.4. The second kappa shape index (κ2) is 12.2. The molecule has 1 aromatic rings. The number of hydrogen-bond donors (Lipinski definition) is 2. The predicted molar refractivity (Wildman–Crippen MR) is 117 cm³/mol. The highest BCUT2D eigenvalue weighted by Crippen LogP contribution is 2.14. The number of likely N-dealkylation sites (tertiary alicyclic amines) is 1. The van der Waals surface area contributed by atoms with E-state index in [9.17, 15) is 14.4 Å². The topological polar surface area (TPSA) is 97.0 Å². The number of hydrogen-bond acceptors (Lipinski definition) is 5. The first-order chi connectivity index (χ1) is 14.7. The maximum atomic E-state index is 12.4. The summed E-state index contributed by atoms with van der Waals surface area (Å²) in [6.07, 6.45) is 2.73. The largest absolute Gasteiger partial charge is 0.445 e. The lowest BCUT2D eigenvalue weighted by Gasteiger charge is -2.22. The first-order valence-corrected chi connectivity index (χ1v) is 10.9. The molecule has 8 heteroatoms. The van der Waals surface area contributed by atoms with Crippen LogP contribution in [-0.4, -0.2) is 54.3 Å². The summed E-state index contributed by atoms with van der Waals surface area (Å²) in [6.45, 7) is 7.40. The van der Waals surface area contributed by atoms with E-state index < -0.39 is 17.8 Å². The molecule has 0 aliphatic carbocycles. The normalized spacial score (nSPS) is 16.0. The summed E-state index contributed by atoms with van der Waals surface area (Å²) >= 11 is 0. The van der Waals surface area contributed by atoms with Gasteiger partial charge in [0.2, 0.25) is 5.91 Å². The fraction of sp³-hybridized carbons (Fsp3) is 0.609. The molecule has 31 heavy (non-hydrogen) atoms. The Morgan fingerprint density at radius 2 is 1.81 bits per heavy atom. The van der Waals surface area contributed by atoms with Crippen LogP contribution in [0.15, 0.2) is 30.3 Å². The Balaban J connectivity index is 1.50. The van der Waals surface area contributed by atoms with Gasteiger partial charge in [-0.2, -0.15) is 0 Å². The van der Waals surface area contributed by atoms with Gasteiger partial charge in [-0.1, -0.05) is 36.8 Å². The maximum Gasteiger partial charge on any atom is 0.407 e. The number of benzene rings is 1. The Hall–Kier alpha value is -2.77. The highest BCUT2D eigenvalue weighted by Gasteiger charge is 2.28. The molecule has 2 rings (SSSR count). The standard InChI is InChI=1S/C23H35N3O5/c1-23(2,3)31-22(29)25-19-13-15-26(16-19)20(27)12-8-5-9-14-24-21(28)30-17-18-10-6-4-7-11-18/h4,6-7,10-11,19H,5,8-9,12-17H2,1-3H3,(H,24,28)(H,25,29). The molecular formula is C23H35N3O5. The van der Waals surface area contributed by atoms with Crippen LogP contribution in [0.1, 0.15) is 58.4 Å². The minimum atomic E-state index is -0.536. The number of alkyl carbamates (subject to hydrolysis) is 2. The third-order valence-corrected chi connectivity index (χ3v) is 4.81. The second-order valence-electron chi connectivity index (χ2n) is 8.77. The summed E-state index contributed by atoms with van der Waals surface area (Å²) in [7, 11) is 0. The van der Waals surface area contributed by atoms with Crippen molar-refractivity contribution in [1.29, 1.82) is 0 Å². The van der Waals surface area contributed by atoms with Crippen LogP contribution >= 0.6 is 0 Å². The van der Waals surface area contributed by atoms with Gasteiger partial charge in [0.05, 0.1) is 6.04 Å². The monoisotopic (exact) mass is 433 g/mol. The lowest BCUT2D eigenvalue weighted by Crippen LogP contribution is -2.41. The SMILES string of the molecule is CC(C)(C)OC(=O)NC1CCN(C(=O)CCCCCNC(=O)OCc2ccccc2)C1. The van der Waals surface area contributed by atoms with E-state index in [0.717, 1.165) is 31.2 Å². The summed E-state index contributed by atoms with van der Waals surface area (Å²) in [5, 5.41) is 5.56. The highest BCUT2D eigenvalue weighted by atomic mass is 16.6. The summed E-state index contributed by atoms with van der Waals surface area (Å²) in [6, 6.07) is 9.46. The molecule has 1 unspecified atom stereocenters. The van der Waals surface area contributed by atoms with Crippen molar-refractivity contribution in [2.45, 2.75) is 71.1 Å². The van der Waals surface area contributed by atoms with E-state index in [2.05, 4.69) is 10.6 Å². The van der Waals surface area contributed by atoms with Crippen LogP contribution in [0.4, 0.5) is 9.59 Å². The summed E-state index contributed by atoms with van der Waals surface area (Å²) in [5.41, 5.74) is 0.410. The first kappa shape index (κ1) is 24.5. The van der Waals surface area contributed by atoms with Crippen LogP contribution in [0, 0.1) is 0 Å². The summed E-state index contributed by atoms with van der Waals surface area (Å²) in [4.78, 5) is 37.7. The number of amides is 3. The molecule has 1 aliphatic heterocycles. The number of rotatable bonds is 9. The molecule has 0 saturated carbocycles. The molecule has 0 radical (unpaired) electrons. The van der Waals surface area contributed by atoms with Crippen molar-refractivity contribution in [2.75, 3.05) is 19.6 Å². The molecule has 2 N–H and O–H groups in total. The number of nitrogens with one attached hydrogen (secondary N) is 2. The molecule has 1 saturated heterocycles. The predicted octanol–water partition coefficient (Wildman–Crippen LogP) is 3.60. The summed E-state index contributed by atoms with van der Waals surface area (Å²) < 4.78 is 10.4. The Labute approximate surface area is 184 Å². The number of carbonyl (C=O) groups excluding carboxylic acids is 3. The minimum Gasteiger partial charge on any atom is -0.445 e. The molecule has 0 spiro atoms. The molecular weight excluding hydrogens is 398 g/mol. The second-order valence-corrected chi connectivity index (χ2v) is 8.77. The van der Waals surface area contributed by atoms with Crippen LogP contribution in [0.5, 0.6) is 0 Å². The fourth-order valence-corrected chi connectivity index (χ4v) is 3.28. The van der Waals surface area contributed by atoms with Gasteiger partial charge in [-0.25, -0.2) is 9.59 Å². The number of unbranched alkanes of at least 4 members (excludes halogenated alkanes) is 2. The third kappa shape index (κ3) is 10.2. The van der Waals surface area contributed by atoms with Crippen molar-refractivity contribution in [3.63, 3.8) is 0 Å². The lowest BCUT2D eigenvalue weighted by molar-refractivity contribution is -0.130. The van der Waals surface area contributed by atoms with Crippen LogP contribution in [0.2, 0.25) is 0 Å². The zero-order chi connectivity index (χ0) is 22.7.